The molecule has 7 nitrogen and oxygen atoms in total. The van der Waals surface area contributed by atoms with Gasteiger partial charge in [0, 0.05) is 50.2 Å². The number of nitrogens with zero attached hydrogens (tertiary/aromatic N) is 3. The van der Waals surface area contributed by atoms with Crippen LogP contribution in [-0.4, -0.2) is 51.9 Å². The number of hydrogen-bond donors (Lipinski definition) is 2. The van der Waals surface area contributed by atoms with Gasteiger partial charge in [-0.2, -0.15) is 0 Å². The third kappa shape index (κ3) is 7.02. The summed E-state index contributed by atoms with van der Waals surface area (Å²) in [5.41, 5.74) is 3.04. The molecule has 0 saturated heterocycles. The number of carbonyl (C=O) groups is 2. The highest BCUT2D eigenvalue weighted by atomic mass is 16.2. The van der Waals surface area contributed by atoms with Gasteiger partial charge in [-0.05, 0) is 50.3 Å². The van der Waals surface area contributed by atoms with Crippen LogP contribution in [0.2, 0.25) is 0 Å². The molecule has 1 heterocycles. The van der Waals surface area contributed by atoms with E-state index in [0.29, 0.717) is 32.1 Å². The molecule has 1 aliphatic rings. The van der Waals surface area contributed by atoms with Crippen molar-refractivity contribution in [2.24, 2.45) is 0 Å². The van der Waals surface area contributed by atoms with E-state index in [9.17, 15) is 9.59 Å². The van der Waals surface area contributed by atoms with Gasteiger partial charge in [0.1, 0.15) is 0 Å². The van der Waals surface area contributed by atoms with Crippen molar-refractivity contribution in [1.29, 1.82) is 0 Å². The number of nitrogens with one attached hydrogen (secondary N) is 2. The van der Waals surface area contributed by atoms with Crippen molar-refractivity contribution >= 4 is 17.5 Å². The van der Waals surface area contributed by atoms with Gasteiger partial charge in [-0.3, -0.25) is 14.5 Å². The Morgan fingerprint density at radius 2 is 2.07 bits per heavy atom. The molecule has 1 aromatic carbocycles. The fourth-order valence-corrected chi connectivity index (χ4v) is 3.32. The molecule has 0 atom stereocenters. The first-order valence-electron chi connectivity index (χ1n) is 10.3. The smallest absolute Gasteiger partial charge is 0.238 e. The lowest BCUT2D eigenvalue weighted by molar-refractivity contribution is -0.122. The first kappa shape index (κ1) is 21.0. The summed E-state index contributed by atoms with van der Waals surface area (Å²) in [4.78, 5) is 30.8. The third-order valence-corrected chi connectivity index (χ3v) is 5.18. The maximum absolute atomic E-state index is 12.5. The van der Waals surface area contributed by atoms with Gasteiger partial charge < -0.3 is 15.2 Å². The van der Waals surface area contributed by atoms with Crippen LogP contribution in [0.4, 0.5) is 5.69 Å². The Balaban J connectivity index is 1.38. The van der Waals surface area contributed by atoms with Gasteiger partial charge in [0.15, 0.2) is 0 Å². The highest BCUT2D eigenvalue weighted by Crippen LogP contribution is 2.27. The number of hydrogen-bond acceptors (Lipinski definition) is 4. The molecule has 2 N–H and O–H groups in total. The number of carbonyl (C=O) groups excluding carboxylic acids is 2. The summed E-state index contributed by atoms with van der Waals surface area (Å²) in [5, 5.41) is 5.99. The van der Waals surface area contributed by atoms with E-state index in [-0.39, 0.29) is 11.8 Å². The Labute approximate surface area is 172 Å². The highest BCUT2D eigenvalue weighted by molar-refractivity contribution is 5.93. The van der Waals surface area contributed by atoms with Crippen LogP contribution in [0.15, 0.2) is 36.9 Å². The molecule has 3 rings (SSSR count). The average Bonchev–Trinajstić information content (AvgIpc) is 3.41. The minimum absolute atomic E-state index is 0.0219. The number of benzene rings is 1. The molecule has 156 valence electrons. The quantitative estimate of drug-likeness (QED) is 0.571. The van der Waals surface area contributed by atoms with Crippen molar-refractivity contribution in [3.05, 3.63) is 48.0 Å². The van der Waals surface area contributed by atoms with Crippen LogP contribution >= 0.6 is 0 Å². The minimum Gasteiger partial charge on any atom is -0.356 e. The minimum atomic E-state index is -0.0219. The first-order chi connectivity index (χ1) is 14.0. The molecule has 7 heteroatoms. The van der Waals surface area contributed by atoms with E-state index in [2.05, 4.69) is 20.5 Å². The van der Waals surface area contributed by atoms with E-state index in [1.807, 2.05) is 42.8 Å². The molecule has 1 fully saturated rings. The third-order valence-electron chi connectivity index (χ3n) is 5.18. The Kier molecular flexibility index (Phi) is 7.41. The monoisotopic (exact) mass is 397 g/mol. The number of rotatable bonds is 11. The summed E-state index contributed by atoms with van der Waals surface area (Å²) in [7, 11) is 0. The first-order valence-corrected chi connectivity index (χ1v) is 10.3. The van der Waals surface area contributed by atoms with Crippen molar-refractivity contribution in [3.8, 4) is 0 Å². The average molecular weight is 398 g/mol. The van der Waals surface area contributed by atoms with E-state index in [4.69, 9.17) is 0 Å². The van der Waals surface area contributed by atoms with Gasteiger partial charge in [0.2, 0.25) is 11.8 Å². The summed E-state index contributed by atoms with van der Waals surface area (Å²) in [6.45, 7) is 6.43. The molecule has 1 aliphatic carbocycles. The molecule has 2 aromatic rings. The predicted octanol–water partition coefficient (Wildman–Crippen LogP) is 2.50. The molecular formula is C22H31N5O2. The number of aromatic nitrogens is 2. The number of amides is 2. The molecule has 0 spiro atoms. The lowest BCUT2D eigenvalue weighted by Crippen LogP contribution is -2.38. The SMILES string of the molecule is Cc1ccc(C)c(NC(=O)CN(CCC(=O)NCCCn2ccnc2)C2CC2)c1. The zero-order valence-electron chi connectivity index (χ0n) is 17.4. The van der Waals surface area contributed by atoms with Crippen molar-refractivity contribution in [1.82, 2.24) is 19.8 Å². The Hall–Kier alpha value is -2.67. The summed E-state index contributed by atoms with van der Waals surface area (Å²) in [5.74, 6) is 0.0163. The zero-order chi connectivity index (χ0) is 20.6. The van der Waals surface area contributed by atoms with E-state index in [1.54, 1.807) is 12.5 Å². The number of anilines is 1. The largest absolute Gasteiger partial charge is 0.356 e. The molecule has 0 aliphatic heterocycles. The summed E-state index contributed by atoms with van der Waals surface area (Å²) in [6, 6.07) is 6.47. The maximum atomic E-state index is 12.5. The highest BCUT2D eigenvalue weighted by Gasteiger charge is 2.30. The van der Waals surface area contributed by atoms with Gasteiger partial charge in [-0.25, -0.2) is 4.98 Å². The van der Waals surface area contributed by atoms with Gasteiger partial charge in [0.25, 0.3) is 0 Å². The van der Waals surface area contributed by atoms with Crippen LogP contribution < -0.4 is 10.6 Å². The second-order valence-electron chi connectivity index (χ2n) is 7.82. The van der Waals surface area contributed by atoms with Crippen LogP contribution in [0.1, 0.15) is 36.8 Å². The molecule has 1 aromatic heterocycles. The molecular weight excluding hydrogens is 366 g/mol. The Bertz CT molecular complexity index is 815. The van der Waals surface area contributed by atoms with Crippen molar-refractivity contribution in [2.45, 2.75) is 52.1 Å². The lowest BCUT2D eigenvalue weighted by Gasteiger charge is -2.21. The fraction of sp³-hybridized carbons (Fsp3) is 0.500. The van der Waals surface area contributed by atoms with E-state index >= 15 is 0 Å². The normalized spacial score (nSPS) is 13.5. The Morgan fingerprint density at radius 1 is 1.24 bits per heavy atom. The molecule has 0 radical (unpaired) electrons. The molecule has 0 unspecified atom stereocenters. The van der Waals surface area contributed by atoms with E-state index in [0.717, 1.165) is 42.6 Å². The van der Waals surface area contributed by atoms with Crippen molar-refractivity contribution in [2.75, 3.05) is 25.0 Å². The van der Waals surface area contributed by atoms with Crippen LogP contribution in [-0.2, 0) is 16.1 Å². The fourth-order valence-electron chi connectivity index (χ4n) is 3.32. The van der Waals surface area contributed by atoms with Gasteiger partial charge in [-0.1, -0.05) is 12.1 Å². The molecule has 1 saturated carbocycles. The van der Waals surface area contributed by atoms with Crippen molar-refractivity contribution < 1.29 is 9.59 Å². The summed E-state index contributed by atoms with van der Waals surface area (Å²) >= 11 is 0. The van der Waals surface area contributed by atoms with Gasteiger partial charge >= 0.3 is 0 Å². The van der Waals surface area contributed by atoms with Crippen molar-refractivity contribution in [3.63, 3.8) is 0 Å². The zero-order valence-corrected chi connectivity index (χ0v) is 17.4. The second-order valence-corrected chi connectivity index (χ2v) is 7.82. The van der Waals surface area contributed by atoms with Gasteiger partial charge in [-0.15, -0.1) is 0 Å². The van der Waals surface area contributed by atoms with Crippen LogP contribution in [0, 0.1) is 13.8 Å². The summed E-state index contributed by atoms with van der Waals surface area (Å²) in [6.07, 6.45) is 8.93. The number of imidazole rings is 1. The summed E-state index contributed by atoms with van der Waals surface area (Å²) < 4.78 is 2.00. The molecule has 0 bridgehead atoms. The lowest BCUT2D eigenvalue weighted by atomic mass is 10.1. The van der Waals surface area contributed by atoms with Crippen LogP contribution in [0.5, 0.6) is 0 Å². The standard InChI is InChI=1S/C22H31N5O2/c1-17-4-5-18(2)20(14-17)25-22(29)15-27(19-6-7-19)12-8-21(28)24-9-3-11-26-13-10-23-16-26/h4-5,10,13-14,16,19H,3,6-9,11-12,15H2,1-2H3,(H,24,28)(H,25,29). The van der Waals surface area contributed by atoms with E-state index in [1.165, 1.54) is 0 Å². The second kappa shape index (κ2) is 10.2. The topological polar surface area (TPSA) is 79.3 Å². The van der Waals surface area contributed by atoms with Crippen LogP contribution in [0.3, 0.4) is 0 Å². The molecule has 29 heavy (non-hydrogen) atoms. The van der Waals surface area contributed by atoms with Crippen LogP contribution in [0.25, 0.3) is 0 Å². The van der Waals surface area contributed by atoms with E-state index < -0.39 is 0 Å². The maximum Gasteiger partial charge on any atom is 0.238 e. The number of aryl methyl sites for hydroxylation is 3. The Morgan fingerprint density at radius 3 is 2.79 bits per heavy atom. The molecule has 2 amide bonds. The predicted molar refractivity (Wildman–Crippen MR) is 114 cm³/mol. The van der Waals surface area contributed by atoms with Gasteiger partial charge in [0.05, 0.1) is 12.9 Å².